The number of nitrogens with zero attached hydrogens (tertiary/aromatic N) is 2. The molecule has 1 atom stereocenters. The molecule has 0 saturated heterocycles. The third-order valence-corrected chi connectivity index (χ3v) is 2.96. The molecule has 0 spiro atoms. The van der Waals surface area contributed by atoms with Crippen molar-refractivity contribution in [2.45, 2.75) is 19.9 Å². The van der Waals surface area contributed by atoms with Crippen LogP contribution in [0, 0.1) is 24.1 Å². The Morgan fingerprint density at radius 2 is 2.11 bits per heavy atom. The average Bonchev–Trinajstić information content (AvgIpc) is 2.42. The van der Waals surface area contributed by atoms with E-state index >= 15 is 0 Å². The van der Waals surface area contributed by atoms with Crippen LogP contribution in [0.2, 0.25) is 0 Å². The van der Waals surface area contributed by atoms with Gasteiger partial charge < -0.3 is 5.32 Å². The standard InChI is InChI=1S/C15H14FN3/c1-10-3-4-12(7-15(10)16)11(2)19-14-6-5-13(8-17)18-9-14/h3-7,9,11,19H,1-2H3. The second-order valence-corrected chi connectivity index (χ2v) is 4.42. The van der Waals surface area contributed by atoms with E-state index < -0.39 is 0 Å². The van der Waals surface area contributed by atoms with Gasteiger partial charge in [0.2, 0.25) is 0 Å². The molecule has 19 heavy (non-hydrogen) atoms. The van der Waals surface area contributed by atoms with Crippen molar-refractivity contribution in [1.82, 2.24) is 4.98 Å². The number of rotatable bonds is 3. The Labute approximate surface area is 111 Å². The molecule has 1 aromatic heterocycles. The highest BCUT2D eigenvalue weighted by molar-refractivity contribution is 5.45. The summed E-state index contributed by atoms with van der Waals surface area (Å²) < 4.78 is 13.5. The van der Waals surface area contributed by atoms with Crippen LogP contribution in [0.3, 0.4) is 0 Å². The quantitative estimate of drug-likeness (QED) is 0.912. The molecule has 1 aromatic carbocycles. The molecule has 0 amide bonds. The van der Waals surface area contributed by atoms with Crippen molar-refractivity contribution in [2.75, 3.05) is 5.32 Å². The number of aryl methyl sites for hydroxylation is 1. The van der Waals surface area contributed by atoms with Gasteiger partial charge in [-0.25, -0.2) is 9.37 Å². The van der Waals surface area contributed by atoms with Crippen molar-refractivity contribution in [3.8, 4) is 6.07 Å². The molecule has 0 fully saturated rings. The zero-order chi connectivity index (χ0) is 13.8. The SMILES string of the molecule is Cc1ccc(C(C)Nc2ccc(C#N)nc2)cc1F. The second kappa shape index (κ2) is 5.49. The number of anilines is 1. The Kier molecular flexibility index (Phi) is 3.76. The van der Waals surface area contributed by atoms with E-state index in [1.165, 1.54) is 6.07 Å². The third kappa shape index (κ3) is 3.08. The summed E-state index contributed by atoms with van der Waals surface area (Å²) in [5.41, 5.74) is 2.68. The van der Waals surface area contributed by atoms with E-state index in [0.29, 0.717) is 11.3 Å². The van der Waals surface area contributed by atoms with Gasteiger partial charge >= 0.3 is 0 Å². The maximum Gasteiger partial charge on any atom is 0.140 e. The minimum atomic E-state index is -0.205. The Hall–Kier alpha value is -2.41. The number of hydrogen-bond acceptors (Lipinski definition) is 3. The minimum absolute atomic E-state index is 0.0372. The van der Waals surface area contributed by atoms with Gasteiger partial charge in [0.05, 0.1) is 11.9 Å². The summed E-state index contributed by atoms with van der Waals surface area (Å²) in [5, 5.41) is 11.9. The Morgan fingerprint density at radius 1 is 1.32 bits per heavy atom. The van der Waals surface area contributed by atoms with Crippen LogP contribution in [-0.4, -0.2) is 4.98 Å². The zero-order valence-corrected chi connectivity index (χ0v) is 10.8. The Bertz CT molecular complexity index is 614. The van der Waals surface area contributed by atoms with E-state index in [9.17, 15) is 4.39 Å². The smallest absolute Gasteiger partial charge is 0.140 e. The van der Waals surface area contributed by atoms with Crippen LogP contribution in [0.5, 0.6) is 0 Å². The maximum atomic E-state index is 13.5. The predicted octanol–water partition coefficient (Wildman–Crippen LogP) is 3.57. The lowest BCUT2D eigenvalue weighted by Crippen LogP contribution is -2.07. The number of aromatic nitrogens is 1. The molecule has 1 heterocycles. The molecule has 4 heteroatoms. The molecular weight excluding hydrogens is 241 g/mol. The van der Waals surface area contributed by atoms with Gasteiger partial charge in [-0.15, -0.1) is 0 Å². The van der Waals surface area contributed by atoms with Crippen LogP contribution >= 0.6 is 0 Å². The molecule has 3 nitrogen and oxygen atoms in total. The topological polar surface area (TPSA) is 48.7 Å². The molecule has 0 bridgehead atoms. The molecule has 1 unspecified atom stereocenters. The second-order valence-electron chi connectivity index (χ2n) is 4.42. The molecule has 0 radical (unpaired) electrons. The van der Waals surface area contributed by atoms with Crippen molar-refractivity contribution < 1.29 is 4.39 Å². The fraction of sp³-hybridized carbons (Fsp3) is 0.200. The van der Waals surface area contributed by atoms with E-state index in [4.69, 9.17) is 5.26 Å². The van der Waals surface area contributed by atoms with E-state index in [1.54, 1.807) is 31.3 Å². The number of benzene rings is 1. The van der Waals surface area contributed by atoms with Crippen molar-refractivity contribution in [1.29, 1.82) is 5.26 Å². The highest BCUT2D eigenvalue weighted by Gasteiger charge is 2.08. The highest BCUT2D eigenvalue weighted by atomic mass is 19.1. The minimum Gasteiger partial charge on any atom is -0.377 e. The van der Waals surface area contributed by atoms with Gasteiger partial charge in [0.25, 0.3) is 0 Å². The summed E-state index contributed by atoms with van der Waals surface area (Å²) >= 11 is 0. The molecule has 0 aliphatic heterocycles. The molecule has 2 aromatic rings. The van der Waals surface area contributed by atoms with Crippen molar-refractivity contribution in [3.05, 3.63) is 59.2 Å². The lowest BCUT2D eigenvalue weighted by atomic mass is 10.1. The van der Waals surface area contributed by atoms with Gasteiger partial charge in [0, 0.05) is 6.04 Å². The lowest BCUT2D eigenvalue weighted by Gasteiger charge is -2.16. The summed E-state index contributed by atoms with van der Waals surface area (Å²) in [4.78, 5) is 3.98. The Balaban J connectivity index is 2.13. The van der Waals surface area contributed by atoms with Crippen molar-refractivity contribution >= 4 is 5.69 Å². The number of pyridine rings is 1. The van der Waals surface area contributed by atoms with Gasteiger partial charge in [0.15, 0.2) is 0 Å². The summed E-state index contributed by atoms with van der Waals surface area (Å²) in [5.74, 6) is -0.205. The molecule has 1 N–H and O–H groups in total. The molecule has 0 saturated carbocycles. The van der Waals surface area contributed by atoms with Crippen LogP contribution in [0.15, 0.2) is 36.5 Å². The van der Waals surface area contributed by atoms with E-state index in [1.807, 2.05) is 19.1 Å². The van der Waals surface area contributed by atoms with Crippen LogP contribution in [0.1, 0.15) is 29.8 Å². The predicted molar refractivity (Wildman–Crippen MR) is 72.1 cm³/mol. The largest absolute Gasteiger partial charge is 0.377 e. The normalized spacial score (nSPS) is 11.7. The summed E-state index contributed by atoms with van der Waals surface area (Å²) in [6, 6.07) is 10.5. The van der Waals surface area contributed by atoms with Gasteiger partial charge in [-0.05, 0) is 43.2 Å². The van der Waals surface area contributed by atoms with E-state index in [2.05, 4.69) is 10.3 Å². The number of nitrogens with one attached hydrogen (secondary N) is 1. The average molecular weight is 255 g/mol. The maximum absolute atomic E-state index is 13.5. The first-order chi connectivity index (χ1) is 9.10. The summed E-state index contributed by atoms with van der Waals surface area (Å²) in [6.07, 6.45) is 1.60. The molecular formula is C15H14FN3. The highest BCUT2D eigenvalue weighted by Crippen LogP contribution is 2.20. The molecule has 0 aliphatic rings. The van der Waals surface area contributed by atoms with Crippen molar-refractivity contribution in [3.63, 3.8) is 0 Å². The van der Waals surface area contributed by atoms with Gasteiger partial charge in [-0.1, -0.05) is 12.1 Å². The molecule has 2 rings (SSSR count). The van der Waals surface area contributed by atoms with Crippen LogP contribution in [0.25, 0.3) is 0 Å². The number of hydrogen-bond donors (Lipinski definition) is 1. The number of halogens is 1. The van der Waals surface area contributed by atoms with Crippen LogP contribution in [0.4, 0.5) is 10.1 Å². The molecule has 0 aliphatic carbocycles. The zero-order valence-electron chi connectivity index (χ0n) is 10.8. The summed E-state index contributed by atoms with van der Waals surface area (Å²) in [7, 11) is 0. The van der Waals surface area contributed by atoms with Crippen molar-refractivity contribution in [2.24, 2.45) is 0 Å². The van der Waals surface area contributed by atoms with E-state index in [0.717, 1.165) is 11.3 Å². The summed E-state index contributed by atoms with van der Waals surface area (Å²) in [6.45, 7) is 3.68. The monoisotopic (exact) mass is 255 g/mol. The fourth-order valence-corrected chi connectivity index (χ4v) is 1.76. The van der Waals surface area contributed by atoms with Gasteiger partial charge in [0.1, 0.15) is 17.6 Å². The van der Waals surface area contributed by atoms with Gasteiger partial charge in [-0.3, -0.25) is 0 Å². The Morgan fingerprint density at radius 3 is 2.68 bits per heavy atom. The lowest BCUT2D eigenvalue weighted by molar-refractivity contribution is 0.614. The molecule has 96 valence electrons. The fourth-order valence-electron chi connectivity index (χ4n) is 1.76. The first-order valence-corrected chi connectivity index (χ1v) is 5.99. The van der Waals surface area contributed by atoms with Crippen LogP contribution in [-0.2, 0) is 0 Å². The first-order valence-electron chi connectivity index (χ1n) is 5.99. The van der Waals surface area contributed by atoms with Crippen LogP contribution < -0.4 is 5.32 Å². The first kappa shape index (κ1) is 13.0. The third-order valence-electron chi connectivity index (χ3n) is 2.96. The van der Waals surface area contributed by atoms with E-state index in [-0.39, 0.29) is 11.9 Å². The van der Waals surface area contributed by atoms with Gasteiger partial charge in [-0.2, -0.15) is 5.26 Å². The number of nitriles is 1.